The molecule has 2 aromatic carbocycles. The first kappa shape index (κ1) is 23.2. The number of carbonyl (C=O) groups is 2. The van der Waals surface area contributed by atoms with Gasteiger partial charge in [-0.15, -0.1) is 0 Å². The molecule has 29 heavy (non-hydrogen) atoms. The van der Waals surface area contributed by atoms with Crippen LogP contribution in [-0.4, -0.2) is 29.3 Å². The van der Waals surface area contributed by atoms with E-state index in [2.05, 4.69) is 5.32 Å². The third kappa shape index (κ3) is 6.76. The average molecular weight is 435 g/mol. The molecule has 0 radical (unpaired) electrons. The fourth-order valence-corrected chi connectivity index (χ4v) is 3.52. The van der Waals surface area contributed by atoms with Crippen molar-refractivity contribution in [2.45, 2.75) is 52.6 Å². The van der Waals surface area contributed by atoms with Crippen molar-refractivity contribution in [1.82, 2.24) is 10.2 Å². The quantitative estimate of drug-likeness (QED) is 0.590. The number of nitrogens with one attached hydrogen (secondary N) is 1. The molecule has 0 saturated heterocycles. The van der Waals surface area contributed by atoms with Crippen LogP contribution in [0.15, 0.2) is 42.5 Å². The zero-order chi connectivity index (χ0) is 21.4. The van der Waals surface area contributed by atoms with Gasteiger partial charge in [0, 0.05) is 19.5 Å². The monoisotopic (exact) mass is 434 g/mol. The van der Waals surface area contributed by atoms with Gasteiger partial charge < -0.3 is 10.2 Å². The number of rotatable bonds is 9. The van der Waals surface area contributed by atoms with Crippen molar-refractivity contribution in [3.8, 4) is 0 Å². The molecule has 156 valence electrons. The first-order valence-electron chi connectivity index (χ1n) is 9.92. The van der Waals surface area contributed by atoms with Crippen molar-refractivity contribution in [2.24, 2.45) is 0 Å². The van der Waals surface area contributed by atoms with E-state index in [1.165, 1.54) is 5.56 Å². The van der Waals surface area contributed by atoms with Crippen LogP contribution in [0.25, 0.3) is 0 Å². The number of aryl methyl sites for hydroxylation is 2. The molecular formula is C23H28Cl2N2O2. The van der Waals surface area contributed by atoms with E-state index in [0.717, 1.165) is 11.1 Å². The molecule has 0 spiro atoms. The van der Waals surface area contributed by atoms with Crippen molar-refractivity contribution in [3.05, 3.63) is 69.2 Å². The van der Waals surface area contributed by atoms with Gasteiger partial charge in [-0.25, -0.2) is 0 Å². The van der Waals surface area contributed by atoms with Crippen molar-refractivity contribution < 1.29 is 9.59 Å². The molecule has 0 saturated carbocycles. The van der Waals surface area contributed by atoms with Crippen LogP contribution < -0.4 is 5.32 Å². The predicted molar refractivity (Wildman–Crippen MR) is 119 cm³/mol. The summed E-state index contributed by atoms with van der Waals surface area (Å²) in [5, 5.41) is 3.73. The molecule has 1 N–H and O–H groups in total. The Morgan fingerprint density at radius 2 is 1.66 bits per heavy atom. The minimum atomic E-state index is -0.532. The Balaban J connectivity index is 2.21. The van der Waals surface area contributed by atoms with Gasteiger partial charge in [0.1, 0.15) is 6.04 Å². The van der Waals surface area contributed by atoms with Crippen molar-refractivity contribution >= 4 is 35.0 Å². The van der Waals surface area contributed by atoms with Crippen LogP contribution in [0.3, 0.4) is 0 Å². The summed E-state index contributed by atoms with van der Waals surface area (Å²) >= 11 is 12.2. The smallest absolute Gasteiger partial charge is 0.242 e. The van der Waals surface area contributed by atoms with Crippen molar-refractivity contribution in [3.63, 3.8) is 0 Å². The van der Waals surface area contributed by atoms with E-state index in [9.17, 15) is 9.59 Å². The average Bonchev–Trinajstić information content (AvgIpc) is 2.70. The molecule has 0 heterocycles. The number of hydrogen-bond donors (Lipinski definition) is 1. The summed E-state index contributed by atoms with van der Waals surface area (Å²) in [7, 11) is 0. The first-order valence-corrected chi connectivity index (χ1v) is 10.7. The highest BCUT2D eigenvalue weighted by molar-refractivity contribution is 6.42. The summed E-state index contributed by atoms with van der Waals surface area (Å²) in [6.07, 6.45) is 1.49. The topological polar surface area (TPSA) is 49.4 Å². The van der Waals surface area contributed by atoms with E-state index in [-0.39, 0.29) is 11.8 Å². The Morgan fingerprint density at radius 3 is 2.24 bits per heavy atom. The molecule has 1 atom stereocenters. The molecule has 0 aliphatic heterocycles. The van der Waals surface area contributed by atoms with E-state index in [4.69, 9.17) is 23.2 Å². The van der Waals surface area contributed by atoms with E-state index >= 15 is 0 Å². The maximum absolute atomic E-state index is 13.1. The second kappa shape index (κ2) is 11.2. The van der Waals surface area contributed by atoms with Crippen LogP contribution in [0.4, 0.5) is 0 Å². The Labute approximate surface area is 183 Å². The molecule has 6 heteroatoms. The Morgan fingerprint density at radius 1 is 1.00 bits per heavy atom. The zero-order valence-corrected chi connectivity index (χ0v) is 18.7. The van der Waals surface area contributed by atoms with E-state index in [1.807, 2.05) is 51.1 Å². The van der Waals surface area contributed by atoms with Crippen molar-refractivity contribution in [2.75, 3.05) is 6.54 Å². The van der Waals surface area contributed by atoms with Crippen molar-refractivity contribution in [1.29, 1.82) is 0 Å². The van der Waals surface area contributed by atoms with Gasteiger partial charge in [0.25, 0.3) is 0 Å². The maximum atomic E-state index is 13.1. The molecule has 4 nitrogen and oxygen atoms in total. The second-order valence-electron chi connectivity index (χ2n) is 7.07. The van der Waals surface area contributed by atoms with Gasteiger partial charge >= 0.3 is 0 Å². The fraction of sp³-hybridized carbons (Fsp3) is 0.391. The highest BCUT2D eigenvalue weighted by atomic mass is 35.5. The van der Waals surface area contributed by atoms with Crippen LogP contribution in [0.1, 0.15) is 43.4 Å². The van der Waals surface area contributed by atoms with Gasteiger partial charge in [-0.3, -0.25) is 9.59 Å². The molecule has 2 aromatic rings. The highest BCUT2D eigenvalue weighted by Gasteiger charge is 2.28. The van der Waals surface area contributed by atoms with Crippen LogP contribution in [0.5, 0.6) is 0 Å². The van der Waals surface area contributed by atoms with Gasteiger partial charge in [-0.1, -0.05) is 66.0 Å². The lowest BCUT2D eigenvalue weighted by molar-refractivity contribution is -0.141. The molecule has 0 aliphatic rings. The van der Waals surface area contributed by atoms with Gasteiger partial charge in [-0.05, 0) is 49.9 Å². The van der Waals surface area contributed by atoms with E-state index in [0.29, 0.717) is 42.4 Å². The predicted octanol–water partition coefficient (Wildman–Crippen LogP) is 5.18. The molecule has 2 rings (SSSR count). The van der Waals surface area contributed by atoms with Crippen LogP contribution >= 0.6 is 23.2 Å². The lowest BCUT2D eigenvalue weighted by Gasteiger charge is -2.30. The second-order valence-corrected chi connectivity index (χ2v) is 7.89. The van der Waals surface area contributed by atoms with Crippen LogP contribution in [0, 0.1) is 6.92 Å². The zero-order valence-electron chi connectivity index (χ0n) is 17.2. The van der Waals surface area contributed by atoms with Crippen LogP contribution in [-0.2, 0) is 22.6 Å². The maximum Gasteiger partial charge on any atom is 0.242 e. The first-order chi connectivity index (χ1) is 13.8. The summed E-state index contributed by atoms with van der Waals surface area (Å²) in [6, 6.07) is 12.9. The minimum Gasteiger partial charge on any atom is -0.355 e. The molecule has 0 aliphatic carbocycles. The minimum absolute atomic E-state index is 0.0604. The van der Waals surface area contributed by atoms with Crippen LogP contribution in [0.2, 0.25) is 10.0 Å². The third-order valence-electron chi connectivity index (χ3n) is 4.82. The molecule has 0 bridgehead atoms. The van der Waals surface area contributed by atoms with E-state index in [1.54, 1.807) is 17.0 Å². The molecular weight excluding hydrogens is 407 g/mol. The summed E-state index contributed by atoms with van der Waals surface area (Å²) < 4.78 is 0. The highest BCUT2D eigenvalue weighted by Crippen LogP contribution is 2.24. The number of likely N-dealkylation sites (N-methyl/N-ethyl adjacent to an activating group) is 1. The number of halogens is 2. The number of benzene rings is 2. The fourth-order valence-electron chi connectivity index (χ4n) is 3.20. The third-order valence-corrected chi connectivity index (χ3v) is 5.56. The van der Waals surface area contributed by atoms with Gasteiger partial charge in [0.05, 0.1) is 10.0 Å². The molecule has 2 amide bonds. The SMILES string of the molecule is CCNC(=O)[C@H](CC)N(Cc1ccc(Cl)c(Cl)c1)C(=O)CCc1ccc(C)cc1. The molecule has 0 unspecified atom stereocenters. The standard InChI is InChI=1S/C23H28Cl2N2O2/c1-4-21(23(29)26-5-2)27(15-18-10-12-19(24)20(25)14-18)22(28)13-11-17-8-6-16(3)7-9-17/h6-10,12,14,21H,4-5,11,13,15H2,1-3H3,(H,26,29)/t21-/m0/s1. The summed E-state index contributed by atoms with van der Waals surface area (Å²) in [4.78, 5) is 27.4. The Hall–Kier alpha value is -2.04. The Kier molecular flexibility index (Phi) is 8.99. The van der Waals surface area contributed by atoms with Gasteiger partial charge in [-0.2, -0.15) is 0 Å². The molecule has 0 fully saturated rings. The Bertz CT molecular complexity index is 837. The van der Waals surface area contributed by atoms with E-state index < -0.39 is 6.04 Å². The number of amides is 2. The summed E-state index contributed by atoms with van der Waals surface area (Å²) in [5.74, 6) is -0.200. The molecule has 0 aromatic heterocycles. The lowest BCUT2D eigenvalue weighted by Crippen LogP contribution is -2.49. The van der Waals surface area contributed by atoms with Gasteiger partial charge in [0.15, 0.2) is 0 Å². The normalized spacial score (nSPS) is 11.8. The largest absolute Gasteiger partial charge is 0.355 e. The number of hydrogen-bond acceptors (Lipinski definition) is 2. The lowest BCUT2D eigenvalue weighted by atomic mass is 10.1. The summed E-state index contributed by atoms with van der Waals surface area (Å²) in [5.41, 5.74) is 3.12. The number of nitrogens with zero attached hydrogens (tertiary/aromatic N) is 1. The van der Waals surface area contributed by atoms with Gasteiger partial charge in [0.2, 0.25) is 11.8 Å². The summed E-state index contributed by atoms with van der Waals surface area (Å²) in [6.45, 7) is 6.64. The number of carbonyl (C=O) groups excluding carboxylic acids is 2.